The topological polar surface area (TPSA) is 75.4 Å². The van der Waals surface area contributed by atoms with Crippen LogP contribution in [0, 0.1) is 0 Å². The van der Waals surface area contributed by atoms with E-state index < -0.39 is 6.04 Å². The Labute approximate surface area is 108 Å². The fraction of sp³-hybridized carbons (Fsp3) is 0.917. The SMILES string of the molecule is CCCCCCCCNC(=O)[C@@H](N)CO.CP. The average Bonchev–Trinajstić information content (AvgIpc) is 2.38. The monoisotopic (exact) mass is 264 g/mol. The second-order valence-corrected chi connectivity index (χ2v) is 3.85. The Bertz CT molecular complexity index is 169. The number of nitrogens with one attached hydrogen (secondary N) is 1. The Morgan fingerprint density at radius 2 is 1.76 bits per heavy atom. The zero-order valence-electron chi connectivity index (χ0n) is 11.2. The Kier molecular flexibility index (Phi) is 17.8. The van der Waals surface area contributed by atoms with Gasteiger partial charge in [0.1, 0.15) is 6.04 Å². The van der Waals surface area contributed by atoms with E-state index in [0.717, 1.165) is 12.8 Å². The minimum atomic E-state index is -0.773. The molecule has 104 valence electrons. The molecule has 0 spiro atoms. The molecule has 0 bridgehead atoms. The van der Waals surface area contributed by atoms with Gasteiger partial charge in [0.2, 0.25) is 5.91 Å². The molecule has 0 fully saturated rings. The van der Waals surface area contributed by atoms with Gasteiger partial charge in [-0.3, -0.25) is 4.79 Å². The van der Waals surface area contributed by atoms with E-state index in [0.29, 0.717) is 6.54 Å². The van der Waals surface area contributed by atoms with E-state index in [4.69, 9.17) is 10.8 Å². The van der Waals surface area contributed by atoms with Crippen LogP contribution in [0.1, 0.15) is 45.4 Å². The number of hydrogen-bond acceptors (Lipinski definition) is 3. The highest BCUT2D eigenvalue weighted by atomic mass is 31.0. The van der Waals surface area contributed by atoms with Gasteiger partial charge >= 0.3 is 0 Å². The molecule has 0 aliphatic carbocycles. The highest BCUT2D eigenvalue weighted by molar-refractivity contribution is 7.15. The standard InChI is InChI=1S/C11H24N2O2.CH5P/c1-2-3-4-5-6-7-8-13-11(15)10(12)9-14;1-2/h10,14H,2-9,12H2,1H3,(H,13,15);2H2,1H3/t10-;/m0./s1. The number of nitrogens with two attached hydrogens (primary N) is 1. The van der Waals surface area contributed by atoms with Gasteiger partial charge < -0.3 is 16.2 Å². The van der Waals surface area contributed by atoms with Gasteiger partial charge in [-0.25, -0.2) is 0 Å². The first-order valence-electron chi connectivity index (χ1n) is 6.44. The molecule has 0 heterocycles. The van der Waals surface area contributed by atoms with Crippen LogP contribution in [0.4, 0.5) is 0 Å². The van der Waals surface area contributed by atoms with Crippen LogP contribution in [-0.4, -0.2) is 36.9 Å². The summed E-state index contributed by atoms with van der Waals surface area (Å²) in [5, 5.41) is 11.3. The molecule has 0 aromatic carbocycles. The summed E-state index contributed by atoms with van der Waals surface area (Å²) in [5.41, 5.74) is 5.33. The predicted molar refractivity (Wildman–Crippen MR) is 77.1 cm³/mol. The van der Waals surface area contributed by atoms with Crippen molar-refractivity contribution in [3.8, 4) is 0 Å². The lowest BCUT2D eigenvalue weighted by Crippen LogP contribution is -2.43. The van der Waals surface area contributed by atoms with Crippen LogP contribution < -0.4 is 11.1 Å². The summed E-state index contributed by atoms with van der Waals surface area (Å²) in [6.45, 7) is 4.48. The highest BCUT2D eigenvalue weighted by Crippen LogP contribution is 2.03. The van der Waals surface area contributed by atoms with Crippen molar-refractivity contribution in [3.63, 3.8) is 0 Å². The quantitative estimate of drug-likeness (QED) is 0.434. The van der Waals surface area contributed by atoms with E-state index in [-0.39, 0.29) is 12.5 Å². The van der Waals surface area contributed by atoms with Crippen LogP contribution >= 0.6 is 9.24 Å². The molecule has 17 heavy (non-hydrogen) atoms. The van der Waals surface area contributed by atoms with E-state index in [1.165, 1.54) is 25.7 Å². The van der Waals surface area contributed by atoms with E-state index in [1.54, 1.807) is 0 Å². The number of aliphatic hydroxyl groups is 1. The van der Waals surface area contributed by atoms with Crippen molar-refractivity contribution in [3.05, 3.63) is 0 Å². The maximum Gasteiger partial charge on any atom is 0.239 e. The largest absolute Gasteiger partial charge is 0.394 e. The molecule has 0 aliphatic rings. The second-order valence-electron chi connectivity index (χ2n) is 3.85. The van der Waals surface area contributed by atoms with Gasteiger partial charge in [-0.15, -0.1) is 9.24 Å². The molecule has 5 heteroatoms. The average molecular weight is 264 g/mol. The Hall–Kier alpha value is -0.180. The van der Waals surface area contributed by atoms with E-state index in [9.17, 15) is 4.79 Å². The third-order valence-corrected chi connectivity index (χ3v) is 2.36. The molecule has 0 radical (unpaired) electrons. The maximum absolute atomic E-state index is 11.1. The Morgan fingerprint density at radius 3 is 2.29 bits per heavy atom. The lowest BCUT2D eigenvalue weighted by Gasteiger charge is -2.09. The second kappa shape index (κ2) is 15.8. The van der Waals surface area contributed by atoms with Crippen LogP contribution in [0.25, 0.3) is 0 Å². The third kappa shape index (κ3) is 13.8. The number of rotatable bonds is 9. The summed E-state index contributed by atoms with van der Waals surface area (Å²) in [4.78, 5) is 11.1. The number of unbranched alkanes of at least 4 members (excludes halogenated alkanes) is 5. The van der Waals surface area contributed by atoms with Crippen LogP contribution in [0.2, 0.25) is 0 Å². The summed E-state index contributed by atoms with van der Waals surface area (Å²) < 4.78 is 0. The van der Waals surface area contributed by atoms with E-state index in [2.05, 4.69) is 21.5 Å². The van der Waals surface area contributed by atoms with Gasteiger partial charge in [0, 0.05) is 6.54 Å². The van der Waals surface area contributed by atoms with Crippen LogP contribution in [0.5, 0.6) is 0 Å². The van der Waals surface area contributed by atoms with E-state index in [1.807, 2.05) is 6.66 Å². The minimum Gasteiger partial charge on any atom is -0.394 e. The molecule has 1 unspecified atom stereocenters. The molecule has 0 aromatic heterocycles. The number of amides is 1. The first-order valence-corrected chi connectivity index (χ1v) is 7.59. The van der Waals surface area contributed by atoms with Crippen LogP contribution in [-0.2, 0) is 4.79 Å². The summed E-state index contributed by atoms with van der Waals surface area (Å²) in [5.74, 6) is -0.258. The summed E-state index contributed by atoms with van der Waals surface area (Å²) >= 11 is 0. The predicted octanol–water partition coefficient (Wildman–Crippen LogP) is 1.27. The molecular weight excluding hydrogens is 235 g/mol. The fourth-order valence-electron chi connectivity index (χ4n) is 1.33. The maximum atomic E-state index is 11.1. The van der Waals surface area contributed by atoms with Crippen LogP contribution in [0.15, 0.2) is 0 Å². The number of carbonyl (C=O) groups is 1. The lowest BCUT2D eigenvalue weighted by molar-refractivity contribution is -0.123. The molecule has 4 nitrogen and oxygen atoms in total. The third-order valence-electron chi connectivity index (χ3n) is 2.36. The summed E-state index contributed by atoms with van der Waals surface area (Å²) in [7, 11) is 2.42. The lowest BCUT2D eigenvalue weighted by atomic mass is 10.1. The van der Waals surface area contributed by atoms with Crippen molar-refractivity contribution in [2.24, 2.45) is 5.73 Å². The van der Waals surface area contributed by atoms with Gasteiger partial charge in [-0.1, -0.05) is 45.7 Å². The van der Waals surface area contributed by atoms with Gasteiger partial charge in [0.05, 0.1) is 6.61 Å². The van der Waals surface area contributed by atoms with Gasteiger partial charge in [-0.05, 0) is 6.42 Å². The Morgan fingerprint density at radius 1 is 1.24 bits per heavy atom. The molecule has 0 saturated carbocycles. The van der Waals surface area contributed by atoms with Gasteiger partial charge in [0.25, 0.3) is 0 Å². The molecule has 0 aromatic rings. The highest BCUT2D eigenvalue weighted by Gasteiger charge is 2.09. The van der Waals surface area contributed by atoms with Crippen molar-refractivity contribution in [1.29, 1.82) is 0 Å². The smallest absolute Gasteiger partial charge is 0.239 e. The first kappa shape index (κ1) is 19.2. The molecule has 0 rings (SSSR count). The molecule has 0 saturated heterocycles. The van der Waals surface area contributed by atoms with Crippen molar-refractivity contribution < 1.29 is 9.90 Å². The van der Waals surface area contributed by atoms with Crippen molar-refractivity contribution >= 4 is 15.1 Å². The Balaban J connectivity index is 0. The van der Waals surface area contributed by atoms with Gasteiger partial charge in [0.15, 0.2) is 0 Å². The molecule has 1 amide bonds. The number of hydrogen-bond donors (Lipinski definition) is 3. The normalized spacial score (nSPS) is 11.4. The van der Waals surface area contributed by atoms with Crippen LogP contribution in [0.3, 0.4) is 0 Å². The molecular formula is C12H29N2O2P. The summed E-state index contributed by atoms with van der Waals surface area (Å²) in [6.07, 6.45) is 7.20. The zero-order chi connectivity index (χ0) is 13.5. The fourth-order valence-corrected chi connectivity index (χ4v) is 1.33. The van der Waals surface area contributed by atoms with Crippen molar-refractivity contribution in [2.45, 2.75) is 51.5 Å². The molecule has 0 aliphatic heterocycles. The number of carbonyl (C=O) groups excluding carboxylic acids is 1. The van der Waals surface area contributed by atoms with Gasteiger partial charge in [-0.2, -0.15) is 0 Å². The van der Waals surface area contributed by atoms with E-state index >= 15 is 0 Å². The first-order chi connectivity index (χ1) is 8.22. The van der Waals surface area contributed by atoms with Crippen molar-refractivity contribution in [2.75, 3.05) is 19.8 Å². The van der Waals surface area contributed by atoms with Crippen molar-refractivity contribution in [1.82, 2.24) is 5.32 Å². The summed E-state index contributed by atoms with van der Waals surface area (Å²) in [6, 6.07) is -0.773. The minimum absolute atomic E-state index is 0.258. The molecule has 2 atom stereocenters. The number of aliphatic hydroxyl groups excluding tert-OH is 1. The zero-order valence-corrected chi connectivity index (χ0v) is 12.4. The molecule has 4 N–H and O–H groups in total.